The van der Waals surface area contributed by atoms with Crippen molar-refractivity contribution in [2.45, 2.75) is 101 Å². The number of halogens is 1. The van der Waals surface area contributed by atoms with E-state index >= 15 is 0 Å². The molecule has 3 heterocycles. The van der Waals surface area contributed by atoms with Gasteiger partial charge in [-0.25, -0.2) is 9.59 Å². The van der Waals surface area contributed by atoms with E-state index in [4.69, 9.17) is 21.2 Å². The van der Waals surface area contributed by atoms with Gasteiger partial charge in [0.2, 0.25) is 11.8 Å². The fourth-order valence-corrected chi connectivity index (χ4v) is 6.36. The van der Waals surface area contributed by atoms with Gasteiger partial charge in [-0.3, -0.25) is 9.59 Å². The molecule has 3 aliphatic heterocycles. The van der Waals surface area contributed by atoms with Gasteiger partial charge >= 0.3 is 12.1 Å². The van der Waals surface area contributed by atoms with E-state index in [0.717, 1.165) is 24.8 Å². The van der Waals surface area contributed by atoms with Crippen molar-refractivity contribution < 1.29 is 33.9 Å². The molecule has 1 aromatic carbocycles. The van der Waals surface area contributed by atoms with Crippen molar-refractivity contribution in [1.82, 2.24) is 15.5 Å². The average Bonchev–Trinajstić information content (AvgIpc) is 3.27. The van der Waals surface area contributed by atoms with Crippen LogP contribution in [0.4, 0.5) is 4.79 Å². The van der Waals surface area contributed by atoms with Gasteiger partial charge in [-0.15, -0.1) is 0 Å². The van der Waals surface area contributed by atoms with E-state index in [1.54, 1.807) is 39.0 Å². The van der Waals surface area contributed by atoms with E-state index in [1.807, 2.05) is 18.2 Å². The molecule has 2 fully saturated rings. The predicted octanol–water partition coefficient (Wildman–Crippen LogP) is 4.18. The van der Waals surface area contributed by atoms with Gasteiger partial charge < -0.3 is 30.2 Å². The summed E-state index contributed by atoms with van der Waals surface area (Å²) in [6.45, 7) is 5.25. The Bertz CT molecular complexity index is 1360. The number of aliphatic carboxylic acids is 1. The monoisotopic (exact) mass is 614 g/mol. The molecule has 4 aliphatic rings. The quantitative estimate of drug-likeness (QED) is 0.433. The molecule has 5 rings (SSSR count). The SMILES string of the molecule is CC(C)(C)OC(=O)N[C@H]1CCCCC/C=C\[C@@H]2C[C@]2(C(=O)O)NC(=O)[C@@H]2C[C@]3(CC(c4cccc(Cl)c4)=NO3)CN2C1=O. The van der Waals surface area contributed by atoms with Crippen molar-refractivity contribution in [3.63, 3.8) is 0 Å². The zero-order valence-corrected chi connectivity index (χ0v) is 25.5. The number of alkyl carbamates (subject to hydrolysis) is 1. The highest BCUT2D eigenvalue weighted by molar-refractivity contribution is 6.31. The number of hydrogen-bond donors (Lipinski definition) is 3. The van der Waals surface area contributed by atoms with Crippen LogP contribution in [0.5, 0.6) is 0 Å². The molecule has 1 spiro atoms. The lowest BCUT2D eigenvalue weighted by Gasteiger charge is -2.30. The summed E-state index contributed by atoms with van der Waals surface area (Å²) in [6, 6.07) is 5.21. The van der Waals surface area contributed by atoms with Crippen LogP contribution >= 0.6 is 11.6 Å². The van der Waals surface area contributed by atoms with E-state index in [9.17, 15) is 24.3 Å². The molecular weight excluding hydrogens is 576 g/mol. The van der Waals surface area contributed by atoms with Crippen LogP contribution in [-0.4, -0.2) is 75.0 Å². The van der Waals surface area contributed by atoms with Crippen LogP contribution in [0.3, 0.4) is 0 Å². The van der Waals surface area contributed by atoms with Gasteiger partial charge in [0, 0.05) is 29.3 Å². The summed E-state index contributed by atoms with van der Waals surface area (Å²) in [4.78, 5) is 60.6. The van der Waals surface area contributed by atoms with Gasteiger partial charge in [-0.05, 0) is 58.6 Å². The first kappa shape index (κ1) is 30.8. The van der Waals surface area contributed by atoms with E-state index in [0.29, 0.717) is 30.0 Å². The second kappa shape index (κ2) is 11.8. The second-order valence-corrected chi connectivity index (χ2v) is 13.5. The number of oxime groups is 1. The summed E-state index contributed by atoms with van der Waals surface area (Å²) in [5.41, 5.74) is -1.79. The van der Waals surface area contributed by atoms with Crippen molar-refractivity contribution in [3.8, 4) is 0 Å². The maximum atomic E-state index is 14.2. The van der Waals surface area contributed by atoms with Gasteiger partial charge in [0.25, 0.3) is 0 Å². The molecule has 1 saturated carbocycles. The third kappa shape index (κ3) is 6.82. The van der Waals surface area contributed by atoms with Crippen LogP contribution in [0.15, 0.2) is 41.6 Å². The van der Waals surface area contributed by atoms with Crippen LogP contribution in [0.2, 0.25) is 5.02 Å². The number of nitrogens with one attached hydrogen (secondary N) is 2. The van der Waals surface area contributed by atoms with Gasteiger partial charge in [0.15, 0.2) is 5.60 Å². The maximum Gasteiger partial charge on any atom is 0.408 e. The highest BCUT2D eigenvalue weighted by atomic mass is 35.5. The van der Waals surface area contributed by atoms with E-state index in [2.05, 4.69) is 15.8 Å². The van der Waals surface area contributed by atoms with Crippen molar-refractivity contribution in [2.24, 2.45) is 11.1 Å². The molecule has 3 N–H and O–H groups in total. The minimum Gasteiger partial charge on any atom is -0.479 e. The molecule has 232 valence electrons. The number of rotatable bonds is 3. The third-order valence-electron chi connectivity index (χ3n) is 8.45. The predicted molar refractivity (Wildman–Crippen MR) is 159 cm³/mol. The Morgan fingerprint density at radius 3 is 2.72 bits per heavy atom. The third-order valence-corrected chi connectivity index (χ3v) is 8.68. The van der Waals surface area contributed by atoms with Crippen LogP contribution < -0.4 is 10.6 Å². The van der Waals surface area contributed by atoms with Crippen LogP contribution in [0, 0.1) is 5.92 Å². The Morgan fingerprint density at radius 2 is 2.00 bits per heavy atom. The highest BCUT2D eigenvalue weighted by Gasteiger charge is 2.62. The number of carboxylic acids is 1. The Labute approximate surface area is 256 Å². The first-order valence-corrected chi connectivity index (χ1v) is 15.2. The van der Waals surface area contributed by atoms with E-state index in [-0.39, 0.29) is 25.3 Å². The Morgan fingerprint density at radius 1 is 1.21 bits per heavy atom. The van der Waals surface area contributed by atoms with Crippen molar-refractivity contribution >= 4 is 41.2 Å². The number of fused-ring (bicyclic) bond motifs is 2. The van der Waals surface area contributed by atoms with Crippen molar-refractivity contribution in [2.75, 3.05) is 6.54 Å². The number of nitrogens with zero attached hydrogens (tertiary/aromatic N) is 2. The standard InChI is InChI=1S/C31H39ClN4O7/c1-29(2,3)42-28(41)33-22-13-8-6-4-5-7-11-20-15-31(20,27(39)40)34-25(37)24-17-30(18-36(24)26(22)38)16-23(35-43-30)19-10-9-12-21(32)14-19/h7,9-12,14,20,22,24H,4-6,8,13,15-18H2,1-3H3,(H,33,41)(H,34,37)(H,39,40)/b11-7-/t20-,22+,24+,30-,31+/m1/s1. The van der Waals surface area contributed by atoms with Crippen LogP contribution in [0.1, 0.15) is 77.7 Å². The zero-order chi connectivity index (χ0) is 31.0. The van der Waals surface area contributed by atoms with Crippen molar-refractivity contribution in [1.29, 1.82) is 0 Å². The molecule has 0 bridgehead atoms. The number of carbonyl (C=O) groups excluding carboxylic acids is 3. The fourth-order valence-electron chi connectivity index (χ4n) is 6.17. The highest BCUT2D eigenvalue weighted by Crippen LogP contribution is 2.46. The second-order valence-electron chi connectivity index (χ2n) is 13.0. The summed E-state index contributed by atoms with van der Waals surface area (Å²) in [5.74, 6) is -2.47. The molecular formula is C31H39ClN4O7. The minimum atomic E-state index is -1.43. The Hall–Kier alpha value is -3.60. The number of hydrogen-bond acceptors (Lipinski definition) is 7. The number of ether oxygens (including phenoxy) is 1. The number of carboxylic acid groups (broad SMARTS) is 1. The average molecular weight is 615 g/mol. The molecule has 5 atom stereocenters. The number of amides is 3. The van der Waals surface area contributed by atoms with Gasteiger partial charge in [0.05, 0.1) is 12.3 Å². The number of carbonyl (C=O) groups is 4. The molecule has 1 aromatic rings. The summed E-state index contributed by atoms with van der Waals surface area (Å²) in [7, 11) is 0. The summed E-state index contributed by atoms with van der Waals surface area (Å²) in [6.07, 6.45) is 7.22. The summed E-state index contributed by atoms with van der Waals surface area (Å²) < 4.78 is 5.44. The molecule has 3 amide bonds. The molecule has 12 heteroatoms. The van der Waals surface area contributed by atoms with E-state index in [1.165, 1.54) is 4.90 Å². The summed E-state index contributed by atoms with van der Waals surface area (Å²) >= 11 is 6.19. The minimum absolute atomic E-state index is 0.0351. The smallest absolute Gasteiger partial charge is 0.408 e. The maximum absolute atomic E-state index is 14.2. The molecule has 0 aromatic heterocycles. The Balaban J connectivity index is 1.44. The molecule has 0 unspecified atom stereocenters. The fraction of sp³-hybridized carbons (Fsp3) is 0.581. The van der Waals surface area contributed by atoms with Crippen molar-refractivity contribution in [3.05, 3.63) is 47.0 Å². The Kier molecular flexibility index (Phi) is 8.48. The molecule has 0 radical (unpaired) electrons. The summed E-state index contributed by atoms with van der Waals surface area (Å²) in [5, 5.41) is 20.4. The topological polar surface area (TPSA) is 147 Å². The number of allylic oxidation sites excluding steroid dienone is 1. The molecule has 11 nitrogen and oxygen atoms in total. The first-order valence-electron chi connectivity index (χ1n) is 14.8. The van der Waals surface area contributed by atoms with E-state index < -0.39 is 52.7 Å². The lowest BCUT2D eigenvalue weighted by molar-refractivity contribution is -0.145. The van der Waals surface area contributed by atoms with Gasteiger partial charge in [-0.1, -0.05) is 53.9 Å². The zero-order valence-electron chi connectivity index (χ0n) is 24.7. The largest absolute Gasteiger partial charge is 0.479 e. The lowest BCUT2D eigenvalue weighted by Crippen LogP contribution is -2.56. The molecule has 1 aliphatic carbocycles. The first-order chi connectivity index (χ1) is 20.3. The van der Waals surface area contributed by atoms with Gasteiger partial charge in [0.1, 0.15) is 23.2 Å². The lowest BCUT2D eigenvalue weighted by atomic mass is 9.91. The number of benzene rings is 1. The van der Waals surface area contributed by atoms with Gasteiger partial charge in [-0.2, -0.15) is 0 Å². The molecule has 1 saturated heterocycles. The van der Waals surface area contributed by atoms with Crippen LogP contribution in [0.25, 0.3) is 0 Å². The van der Waals surface area contributed by atoms with Crippen LogP contribution in [-0.2, 0) is 24.0 Å². The molecule has 43 heavy (non-hydrogen) atoms. The normalized spacial score (nSPS) is 31.9.